The summed E-state index contributed by atoms with van der Waals surface area (Å²) < 4.78 is 43.6. The van der Waals surface area contributed by atoms with Gasteiger partial charge in [0.1, 0.15) is 22.7 Å². The standard InChI is InChI=1S/C20H16ClF3N4S/c1-8-19-27-26-9(2)28(19)20-15(11-6-10(18(23)24)7-14(11)29-20)17(25-8)16-12(21)4-3-5-13(16)22/h3-5,8,10,18H,6-7H2,1-2H3. The van der Waals surface area contributed by atoms with E-state index < -0.39 is 24.2 Å². The van der Waals surface area contributed by atoms with Gasteiger partial charge in [0.25, 0.3) is 0 Å². The van der Waals surface area contributed by atoms with Crippen LogP contribution in [-0.2, 0) is 12.8 Å². The number of aromatic nitrogens is 3. The van der Waals surface area contributed by atoms with E-state index in [0.717, 1.165) is 15.4 Å². The Morgan fingerprint density at radius 2 is 2.00 bits per heavy atom. The lowest BCUT2D eigenvalue weighted by Crippen LogP contribution is -2.14. The van der Waals surface area contributed by atoms with E-state index in [4.69, 9.17) is 16.6 Å². The molecule has 0 saturated carbocycles. The van der Waals surface area contributed by atoms with E-state index in [1.807, 2.05) is 18.4 Å². The minimum atomic E-state index is -2.40. The summed E-state index contributed by atoms with van der Waals surface area (Å²) >= 11 is 7.81. The van der Waals surface area contributed by atoms with Crippen LogP contribution < -0.4 is 0 Å². The zero-order valence-corrected chi connectivity index (χ0v) is 17.2. The van der Waals surface area contributed by atoms with Crippen molar-refractivity contribution < 1.29 is 13.2 Å². The van der Waals surface area contributed by atoms with Gasteiger partial charge in [0.2, 0.25) is 6.43 Å². The van der Waals surface area contributed by atoms with Crippen LogP contribution in [0.5, 0.6) is 0 Å². The molecule has 0 bridgehead atoms. The first-order chi connectivity index (χ1) is 13.9. The Morgan fingerprint density at radius 3 is 2.72 bits per heavy atom. The average Bonchev–Trinajstić information content (AvgIpc) is 3.30. The summed E-state index contributed by atoms with van der Waals surface area (Å²) in [5.41, 5.74) is 2.07. The third-order valence-corrected chi connectivity index (χ3v) is 7.08. The molecule has 9 heteroatoms. The summed E-state index contributed by atoms with van der Waals surface area (Å²) in [5, 5.41) is 9.47. The van der Waals surface area contributed by atoms with Crippen LogP contribution in [0.15, 0.2) is 23.2 Å². The molecule has 0 N–H and O–H groups in total. The van der Waals surface area contributed by atoms with Gasteiger partial charge in [-0.1, -0.05) is 17.7 Å². The lowest BCUT2D eigenvalue weighted by Gasteiger charge is -2.13. The van der Waals surface area contributed by atoms with Crippen LogP contribution in [0.4, 0.5) is 13.2 Å². The molecule has 0 saturated heterocycles. The van der Waals surface area contributed by atoms with Crippen LogP contribution in [0.2, 0.25) is 5.02 Å². The first-order valence-electron chi connectivity index (χ1n) is 9.24. The number of aryl methyl sites for hydroxylation is 1. The predicted octanol–water partition coefficient (Wildman–Crippen LogP) is 5.32. The Balaban J connectivity index is 1.82. The molecule has 1 aliphatic carbocycles. The van der Waals surface area contributed by atoms with Gasteiger partial charge in [0.05, 0.1) is 16.3 Å². The van der Waals surface area contributed by atoms with Crippen molar-refractivity contribution in [3.8, 4) is 5.00 Å². The van der Waals surface area contributed by atoms with Gasteiger partial charge in [-0.15, -0.1) is 21.5 Å². The highest BCUT2D eigenvalue weighted by Crippen LogP contribution is 2.45. The Labute approximate surface area is 174 Å². The van der Waals surface area contributed by atoms with E-state index in [2.05, 4.69) is 10.2 Å². The van der Waals surface area contributed by atoms with Gasteiger partial charge in [-0.2, -0.15) is 0 Å². The second kappa shape index (κ2) is 6.67. The van der Waals surface area contributed by atoms with Gasteiger partial charge < -0.3 is 0 Å². The van der Waals surface area contributed by atoms with E-state index in [0.29, 0.717) is 29.3 Å². The summed E-state index contributed by atoms with van der Waals surface area (Å²) in [7, 11) is 0. The van der Waals surface area contributed by atoms with Crippen LogP contribution in [0.1, 0.15) is 46.2 Å². The molecule has 3 aromatic rings. The third kappa shape index (κ3) is 2.76. The minimum Gasteiger partial charge on any atom is -0.273 e. The van der Waals surface area contributed by atoms with Crippen molar-refractivity contribution in [2.45, 2.75) is 39.2 Å². The molecule has 150 valence electrons. The van der Waals surface area contributed by atoms with E-state index >= 15 is 0 Å². The molecular formula is C20H16ClF3N4S. The average molecular weight is 437 g/mol. The number of hydrogen-bond donors (Lipinski definition) is 0. The van der Waals surface area contributed by atoms with Crippen LogP contribution in [0.25, 0.3) is 5.00 Å². The normalized spacial score (nSPS) is 20.3. The number of hydrogen-bond acceptors (Lipinski definition) is 4. The molecular weight excluding hydrogens is 421 g/mol. The summed E-state index contributed by atoms with van der Waals surface area (Å²) in [6.07, 6.45) is -1.87. The van der Waals surface area contributed by atoms with E-state index in [1.54, 1.807) is 6.07 Å². The highest BCUT2D eigenvalue weighted by Gasteiger charge is 2.38. The minimum absolute atomic E-state index is 0.194. The number of fused-ring (bicyclic) bond motifs is 5. The summed E-state index contributed by atoms with van der Waals surface area (Å²) in [6, 6.07) is 4.08. The molecule has 1 aliphatic heterocycles. The molecule has 0 fully saturated rings. The van der Waals surface area contributed by atoms with E-state index in [9.17, 15) is 13.2 Å². The number of rotatable bonds is 2. The summed E-state index contributed by atoms with van der Waals surface area (Å²) in [6.45, 7) is 3.69. The third-order valence-electron chi connectivity index (χ3n) is 5.53. The number of benzene rings is 1. The number of halogens is 4. The molecule has 2 aromatic heterocycles. The number of thiophene rings is 1. The van der Waals surface area contributed by atoms with Crippen molar-refractivity contribution in [2.75, 3.05) is 0 Å². The van der Waals surface area contributed by atoms with Crippen molar-refractivity contribution in [2.24, 2.45) is 10.9 Å². The van der Waals surface area contributed by atoms with Gasteiger partial charge in [0, 0.05) is 16.4 Å². The lowest BCUT2D eigenvalue weighted by molar-refractivity contribution is 0.0826. The first-order valence-corrected chi connectivity index (χ1v) is 10.4. The van der Waals surface area contributed by atoms with Crippen molar-refractivity contribution in [3.63, 3.8) is 0 Å². The maximum atomic E-state index is 14.9. The molecule has 5 rings (SSSR count). The van der Waals surface area contributed by atoms with Gasteiger partial charge in [-0.3, -0.25) is 9.56 Å². The van der Waals surface area contributed by atoms with Crippen LogP contribution in [-0.4, -0.2) is 26.9 Å². The van der Waals surface area contributed by atoms with Crippen LogP contribution in [0, 0.1) is 18.7 Å². The second-order valence-corrected chi connectivity index (χ2v) is 8.87. The van der Waals surface area contributed by atoms with Crippen LogP contribution in [0.3, 0.4) is 0 Å². The molecule has 0 radical (unpaired) electrons. The number of aliphatic imine (C=N–C) groups is 1. The maximum absolute atomic E-state index is 14.9. The van der Waals surface area contributed by atoms with Crippen molar-refractivity contribution >= 4 is 28.6 Å². The quantitative estimate of drug-likeness (QED) is 0.545. The summed E-state index contributed by atoms with van der Waals surface area (Å²) in [4.78, 5) is 5.65. The Hall–Kier alpha value is -2.19. The van der Waals surface area contributed by atoms with Gasteiger partial charge in [-0.05, 0) is 44.4 Å². The monoisotopic (exact) mass is 436 g/mol. The van der Waals surface area contributed by atoms with Gasteiger partial charge in [-0.25, -0.2) is 13.2 Å². The van der Waals surface area contributed by atoms with Crippen molar-refractivity contribution in [1.29, 1.82) is 0 Å². The molecule has 2 unspecified atom stereocenters. The zero-order chi connectivity index (χ0) is 20.4. The molecule has 29 heavy (non-hydrogen) atoms. The topological polar surface area (TPSA) is 43.1 Å². The SMILES string of the molecule is Cc1nnc2n1-c1sc3c(c1C(c1c(F)cccc1Cl)=NC2C)CC(C(F)F)C3. The number of alkyl halides is 2. The molecule has 1 aromatic carbocycles. The Kier molecular flexibility index (Phi) is 4.33. The number of nitrogens with zero attached hydrogens (tertiary/aromatic N) is 4. The molecule has 0 amide bonds. The highest BCUT2D eigenvalue weighted by molar-refractivity contribution is 7.15. The summed E-state index contributed by atoms with van der Waals surface area (Å²) in [5.74, 6) is 0.0826. The molecule has 2 atom stereocenters. The van der Waals surface area contributed by atoms with Gasteiger partial charge >= 0.3 is 0 Å². The Morgan fingerprint density at radius 1 is 1.21 bits per heavy atom. The van der Waals surface area contributed by atoms with Crippen molar-refractivity contribution in [3.05, 3.63) is 62.3 Å². The molecule has 2 aliphatic rings. The van der Waals surface area contributed by atoms with E-state index in [-0.39, 0.29) is 17.0 Å². The predicted molar refractivity (Wildman–Crippen MR) is 106 cm³/mol. The fraction of sp³-hybridized carbons (Fsp3) is 0.350. The fourth-order valence-electron chi connectivity index (χ4n) is 4.16. The van der Waals surface area contributed by atoms with E-state index in [1.165, 1.54) is 23.5 Å². The molecule has 3 heterocycles. The smallest absolute Gasteiger partial charge is 0.242 e. The van der Waals surface area contributed by atoms with Crippen LogP contribution >= 0.6 is 22.9 Å². The zero-order valence-electron chi connectivity index (χ0n) is 15.6. The highest BCUT2D eigenvalue weighted by atomic mass is 35.5. The fourth-order valence-corrected chi connectivity index (χ4v) is 5.89. The lowest BCUT2D eigenvalue weighted by atomic mass is 9.97. The largest absolute Gasteiger partial charge is 0.273 e. The maximum Gasteiger partial charge on any atom is 0.242 e. The Bertz CT molecular complexity index is 1150. The van der Waals surface area contributed by atoms with Gasteiger partial charge in [0.15, 0.2) is 5.82 Å². The molecule has 4 nitrogen and oxygen atoms in total. The molecule has 0 spiro atoms. The van der Waals surface area contributed by atoms with Crippen molar-refractivity contribution in [1.82, 2.24) is 14.8 Å². The first kappa shape index (κ1) is 18.8. The second-order valence-electron chi connectivity index (χ2n) is 7.38.